The second-order valence-electron chi connectivity index (χ2n) is 6.92. The van der Waals surface area contributed by atoms with Crippen molar-refractivity contribution >= 4 is 11.8 Å². The fourth-order valence-electron chi connectivity index (χ4n) is 2.87. The van der Waals surface area contributed by atoms with E-state index >= 15 is 0 Å². The summed E-state index contributed by atoms with van der Waals surface area (Å²) in [6.07, 6.45) is 0. The second-order valence-corrected chi connectivity index (χ2v) is 6.92. The molecule has 0 aliphatic heterocycles. The molecule has 28 heavy (non-hydrogen) atoms. The van der Waals surface area contributed by atoms with Gasteiger partial charge >= 0.3 is 0 Å². The predicted molar refractivity (Wildman–Crippen MR) is 111 cm³/mol. The average molecular weight is 372 g/mol. The highest BCUT2D eigenvalue weighted by Crippen LogP contribution is 2.08. The average Bonchev–Trinajstić information content (AvgIpc) is 2.71. The summed E-state index contributed by atoms with van der Waals surface area (Å²) >= 11 is 0. The first kappa shape index (κ1) is 19.4. The van der Waals surface area contributed by atoms with Gasteiger partial charge in [-0.05, 0) is 49.2 Å². The monoisotopic (exact) mass is 372 g/mol. The summed E-state index contributed by atoms with van der Waals surface area (Å²) in [6.45, 7) is 4.99. The fraction of sp³-hybridized carbons (Fsp3) is 0.167. The molecule has 0 aliphatic rings. The summed E-state index contributed by atoms with van der Waals surface area (Å²) in [4.78, 5) is 24.6. The summed E-state index contributed by atoms with van der Waals surface area (Å²) in [5, 5.41) is 5.80. The molecule has 0 bridgehead atoms. The lowest BCUT2D eigenvalue weighted by Crippen LogP contribution is -2.24. The minimum absolute atomic E-state index is 0.159. The topological polar surface area (TPSA) is 58.2 Å². The molecule has 0 atom stereocenters. The zero-order valence-electron chi connectivity index (χ0n) is 16.2. The van der Waals surface area contributed by atoms with E-state index < -0.39 is 0 Å². The Kier molecular flexibility index (Phi) is 6.22. The summed E-state index contributed by atoms with van der Waals surface area (Å²) in [5.74, 6) is -0.319. The van der Waals surface area contributed by atoms with Crippen LogP contribution in [0.2, 0.25) is 0 Å². The van der Waals surface area contributed by atoms with Gasteiger partial charge in [-0.25, -0.2) is 0 Å². The second kappa shape index (κ2) is 9.00. The third kappa shape index (κ3) is 5.30. The quantitative estimate of drug-likeness (QED) is 0.682. The first-order valence-electron chi connectivity index (χ1n) is 9.29. The van der Waals surface area contributed by atoms with Crippen LogP contribution in [0.3, 0.4) is 0 Å². The van der Waals surface area contributed by atoms with E-state index in [0.29, 0.717) is 24.2 Å². The van der Waals surface area contributed by atoms with Gasteiger partial charge in [0.15, 0.2) is 0 Å². The molecule has 0 radical (unpaired) electrons. The van der Waals surface area contributed by atoms with Gasteiger partial charge in [-0.3, -0.25) is 9.59 Å². The standard InChI is InChI=1S/C24H24N2O2/c1-17-6-8-19(9-7-17)15-25-23(27)21-10-12-22(13-11-21)24(28)26-16-20-5-3-4-18(2)14-20/h3-14H,15-16H2,1-2H3,(H,25,27)(H,26,28). The van der Waals surface area contributed by atoms with E-state index in [4.69, 9.17) is 0 Å². The van der Waals surface area contributed by atoms with Crippen LogP contribution in [-0.4, -0.2) is 11.8 Å². The van der Waals surface area contributed by atoms with Crippen molar-refractivity contribution in [3.8, 4) is 0 Å². The van der Waals surface area contributed by atoms with Crippen LogP contribution in [0, 0.1) is 13.8 Å². The molecular formula is C24H24N2O2. The number of hydrogen-bond donors (Lipinski definition) is 2. The van der Waals surface area contributed by atoms with Gasteiger partial charge in [0.05, 0.1) is 0 Å². The molecule has 0 spiro atoms. The van der Waals surface area contributed by atoms with Crippen LogP contribution < -0.4 is 10.6 Å². The molecule has 0 aliphatic carbocycles. The highest BCUT2D eigenvalue weighted by Gasteiger charge is 2.09. The van der Waals surface area contributed by atoms with Crippen molar-refractivity contribution in [1.29, 1.82) is 0 Å². The predicted octanol–water partition coefficient (Wildman–Crippen LogP) is 4.16. The van der Waals surface area contributed by atoms with Crippen molar-refractivity contribution in [2.45, 2.75) is 26.9 Å². The minimum Gasteiger partial charge on any atom is -0.348 e. The van der Waals surface area contributed by atoms with Crippen LogP contribution in [-0.2, 0) is 13.1 Å². The molecule has 0 aromatic heterocycles. The number of hydrogen-bond acceptors (Lipinski definition) is 2. The Bertz CT molecular complexity index is 961. The smallest absolute Gasteiger partial charge is 0.251 e. The van der Waals surface area contributed by atoms with Gasteiger partial charge in [0.25, 0.3) is 11.8 Å². The number of rotatable bonds is 6. The molecule has 3 rings (SSSR count). The number of carbonyl (C=O) groups excluding carboxylic acids is 2. The van der Waals surface area contributed by atoms with Crippen molar-refractivity contribution < 1.29 is 9.59 Å². The molecule has 2 amide bonds. The third-order valence-electron chi connectivity index (χ3n) is 4.52. The van der Waals surface area contributed by atoms with Crippen molar-refractivity contribution in [2.75, 3.05) is 0 Å². The summed E-state index contributed by atoms with van der Waals surface area (Å²) < 4.78 is 0. The van der Waals surface area contributed by atoms with Crippen LogP contribution in [0.15, 0.2) is 72.8 Å². The highest BCUT2D eigenvalue weighted by molar-refractivity contribution is 5.97. The Morgan fingerprint density at radius 1 is 0.643 bits per heavy atom. The normalized spacial score (nSPS) is 10.4. The van der Waals surface area contributed by atoms with Gasteiger partial charge in [0.1, 0.15) is 0 Å². The van der Waals surface area contributed by atoms with Crippen molar-refractivity contribution in [1.82, 2.24) is 10.6 Å². The van der Waals surface area contributed by atoms with E-state index in [1.165, 1.54) is 5.56 Å². The van der Waals surface area contributed by atoms with Crippen LogP contribution >= 0.6 is 0 Å². The number of benzene rings is 3. The number of carbonyl (C=O) groups is 2. The van der Waals surface area contributed by atoms with Gasteiger partial charge in [-0.15, -0.1) is 0 Å². The Hall–Kier alpha value is -3.40. The molecule has 0 fully saturated rings. The van der Waals surface area contributed by atoms with Crippen molar-refractivity contribution in [2.24, 2.45) is 0 Å². The van der Waals surface area contributed by atoms with E-state index in [-0.39, 0.29) is 11.8 Å². The molecule has 2 N–H and O–H groups in total. The van der Waals surface area contributed by atoms with E-state index in [0.717, 1.165) is 16.7 Å². The Labute approximate surface area is 165 Å². The van der Waals surface area contributed by atoms with Crippen molar-refractivity contribution in [3.63, 3.8) is 0 Å². The SMILES string of the molecule is Cc1ccc(CNC(=O)c2ccc(C(=O)NCc3cccc(C)c3)cc2)cc1. The van der Waals surface area contributed by atoms with Gasteiger partial charge in [0.2, 0.25) is 0 Å². The number of amides is 2. The van der Waals surface area contributed by atoms with Crippen LogP contribution in [0.5, 0.6) is 0 Å². The first-order valence-corrected chi connectivity index (χ1v) is 9.29. The molecule has 0 saturated heterocycles. The lowest BCUT2D eigenvalue weighted by Gasteiger charge is -2.08. The molecule has 3 aromatic rings. The highest BCUT2D eigenvalue weighted by atomic mass is 16.2. The van der Waals surface area contributed by atoms with Crippen LogP contribution in [0.25, 0.3) is 0 Å². The number of nitrogens with one attached hydrogen (secondary N) is 2. The first-order chi connectivity index (χ1) is 13.5. The molecule has 0 unspecified atom stereocenters. The Balaban J connectivity index is 1.53. The third-order valence-corrected chi connectivity index (χ3v) is 4.52. The lowest BCUT2D eigenvalue weighted by atomic mass is 10.1. The fourth-order valence-corrected chi connectivity index (χ4v) is 2.87. The molecule has 3 aromatic carbocycles. The zero-order chi connectivity index (χ0) is 19.9. The molecular weight excluding hydrogens is 348 g/mol. The van der Waals surface area contributed by atoms with E-state index in [1.54, 1.807) is 24.3 Å². The van der Waals surface area contributed by atoms with E-state index in [2.05, 4.69) is 10.6 Å². The van der Waals surface area contributed by atoms with Crippen LogP contribution in [0.4, 0.5) is 0 Å². The molecule has 0 heterocycles. The molecule has 4 nitrogen and oxygen atoms in total. The summed E-state index contributed by atoms with van der Waals surface area (Å²) in [5.41, 5.74) is 5.51. The molecule has 0 saturated carbocycles. The summed E-state index contributed by atoms with van der Waals surface area (Å²) in [7, 11) is 0. The van der Waals surface area contributed by atoms with E-state index in [9.17, 15) is 9.59 Å². The van der Waals surface area contributed by atoms with Gasteiger partial charge < -0.3 is 10.6 Å². The van der Waals surface area contributed by atoms with Crippen LogP contribution in [0.1, 0.15) is 43.0 Å². The van der Waals surface area contributed by atoms with Gasteiger partial charge in [0, 0.05) is 24.2 Å². The Morgan fingerprint density at radius 3 is 1.71 bits per heavy atom. The Morgan fingerprint density at radius 2 is 1.18 bits per heavy atom. The molecule has 4 heteroatoms. The lowest BCUT2D eigenvalue weighted by molar-refractivity contribution is 0.0939. The maximum absolute atomic E-state index is 12.3. The maximum atomic E-state index is 12.3. The minimum atomic E-state index is -0.160. The van der Waals surface area contributed by atoms with E-state index in [1.807, 2.05) is 62.4 Å². The van der Waals surface area contributed by atoms with Crippen molar-refractivity contribution in [3.05, 3.63) is 106 Å². The molecule has 142 valence electrons. The van der Waals surface area contributed by atoms with Gasteiger partial charge in [-0.2, -0.15) is 0 Å². The largest absolute Gasteiger partial charge is 0.348 e. The maximum Gasteiger partial charge on any atom is 0.251 e. The summed E-state index contributed by atoms with van der Waals surface area (Å²) in [6, 6.07) is 22.7. The number of aryl methyl sites for hydroxylation is 2. The zero-order valence-corrected chi connectivity index (χ0v) is 16.2. The van der Waals surface area contributed by atoms with Gasteiger partial charge in [-0.1, -0.05) is 59.7 Å².